The fraction of sp³-hybridized carbons (Fsp3) is 0.500. The highest BCUT2D eigenvalue weighted by molar-refractivity contribution is 6.34. The van der Waals surface area contributed by atoms with E-state index >= 15 is 0 Å². The molecule has 18 heavy (non-hydrogen) atoms. The SMILES string of the molecule is CC(C)CC(CN)Cc1nc2cccc(Cl)c2o1. The number of nitrogens with two attached hydrogens (primary N) is 1. The summed E-state index contributed by atoms with van der Waals surface area (Å²) in [4.78, 5) is 4.46. The van der Waals surface area contributed by atoms with E-state index in [9.17, 15) is 0 Å². The topological polar surface area (TPSA) is 52.0 Å². The second-order valence-corrected chi connectivity index (χ2v) is 5.54. The van der Waals surface area contributed by atoms with Gasteiger partial charge in [-0.15, -0.1) is 0 Å². The molecule has 0 aliphatic rings. The highest BCUT2D eigenvalue weighted by Crippen LogP contribution is 2.25. The number of benzene rings is 1. The molecule has 0 radical (unpaired) electrons. The van der Waals surface area contributed by atoms with E-state index in [1.165, 1.54) is 0 Å². The largest absolute Gasteiger partial charge is 0.439 e. The number of aromatic nitrogens is 1. The number of para-hydroxylation sites is 1. The summed E-state index contributed by atoms with van der Waals surface area (Å²) in [6.45, 7) is 5.06. The molecule has 2 aromatic rings. The van der Waals surface area contributed by atoms with Crippen LogP contribution in [0.25, 0.3) is 11.1 Å². The van der Waals surface area contributed by atoms with Gasteiger partial charge in [-0.1, -0.05) is 31.5 Å². The molecule has 1 unspecified atom stereocenters. The van der Waals surface area contributed by atoms with Crippen molar-refractivity contribution in [1.29, 1.82) is 0 Å². The van der Waals surface area contributed by atoms with Crippen molar-refractivity contribution in [2.24, 2.45) is 17.6 Å². The molecule has 1 heterocycles. The van der Waals surface area contributed by atoms with Gasteiger partial charge in [0.05, 0.1) is 5.02 Å². The third-order valence-electron chi connectivity index (χ3n) is 3.01. The number of rotatable bonds is 5. The Hall–Kier alpha value is -1.06. The number of hydrogen-bond donors (Lipinski definition) is 1. The molecule has 4 heteroatoms. The van der Waals surface area contributed by atoms with E-state index in [-0.39, 0.29) is 0 Å². The summed E-state index contributed by atoms with van der Waals surface area (Å²) in [5.74, 6) is 1.78. The lowest BCUT2D eigenvalue weighted by Gasteiger charge is -2.14. The molecule has 0 saturated heterocycles. The molecular weight excluding hydrogens is 248 g/mol. The minimum Gasteiger partial charge on any atom is -0.439 e. The van der Waals surface area contributed by atoms with Gasteiger partial charge in [0.1, 0.15) is 5.52 Å². The van der Waals surface area contributed by atoms with E-state index in [1.807, 2.05) is 18.2 Å². The quantitative estimate of drug-likeness (QED) is 0.899. The first-order chi connectivity index (χ1) is 8.60. The first kappa shape index (κ1) is 13.4. The van der Waals surface area contributed by atoms with Crippen LogP contribution in [-0.4, -0.2) is 11.5 Å². The molecule has 98 valence electrons. The molecule has 2 N–H and O–H groups in total. The number of halogens is 1. The molecule has 0 saturated carbocycles. The van der Waals surface area contributed by atoms with E-state index in [0.29, 0.717) is 29.0 Å². The van der Waals surface area contributed by atoms with Gasteiger partial charge in [0.25, 0.3) is 0 Å². The predicted octanol–water partition coefficient (Wildman–Crippen LogP) is 3.64. The monoisotopic (exact) mass is 266 g/mol. The summed E-state index contributed by atoms with van der Waals surface area (Å²) in [7, 11) is 0. The van der Waals surface area contributed by atoms with Crippen molar-refractivity contribution in [3.63, 3.8) is 0 Å². The van der Waals surface area contributed by atoms with Crippen molar-refractivity contribution in [1.82, 2.24) is 4.98 Å². The second kappa shape index (κ2) is 5.72. The van der Waals surface area contributed by atoms with Crippen molar-refractivity contribution in [2.45, 2.75) is 26.7 Å². The Morgan fingerprint density at radius 2 is 2.17 bits per heavy atom. The average molecular weight is 267 g/mol. The van der Waals surface area contributed by atoms with Gasteiger partial charge < -0.3 is 10.2 Å². The van der Waals surface area contributed by atoms with Crippen LogP contribution in [0, 0.1) is 11.8 Å². The van der Waals surface area contributed by atoms with Gasteiger partial charge in [0.2, 0.25) is 0 Å². The van der Waals surface area contributed by atoms with Crippen LogP contribution >= 0.6 is 11.6 Å². The molecule has 1 atom stereocenters. The molecule has 0 fully saturated rings. The summed E-state index contributed by atoms with van der Waals surface area (Å²) < 4.78 is 5.71. The third kappa shape index (κ3) is 3.03. The van der Waals surface area contributed by atoms with Crippen LogP contribution in [0.3, 0.4) is 0 Å². The first-order valence-corrected chi connectivity index (χ1v) is 6.72. The zero-order valence-electron chi connectivity index (χ0n) is 10.8. The Labute approximate surface area is 112 Å². The Morgan fingerprint density at radius 1 is 1.39 bits per heavy atom. The van der Waals surface area contributed by atoms with Crippen LogP contribution in [0.4, 0.5) is 0 Å². The highest BCUT2D eigenvalue weighted by atomic mass is 35.5. The first-order valence-electron chi connectivity index (χ1n) is 6.34. The smallest absolute Gasteiger partial charge is 0.195 e. The number of nitrogens with zero attached hydrogens (tertiary/aromatic N) is 1. The fourth-order valence-electron chi connectivity index (χ4n) is 2.23. The standard InChI is InChI=1S/C14H19ClN2O/c1-9(2)6-10(8-16)7-13-17-12-5-3-4-11(15)14(12)18-13/h3-5,9-10H,6-8,16H2,1-2H3. The van der Waals surface area contributed by atoms with Crippen LogP contribution in [0.5, 0.6) is 0 Å². The second-order valence-electron chi connectivity index (χ2n) is 5.13. The van der Waals surface area contributed by atoms with Crippen molar-refractivity contribution in [3.8, 4) is 0 Å². The van der Waals surface area contributed by atoms with Gasteiger partial charge >= 0.3 is 0 Å². The molecule has 1 aromatic heterocycles. The number of fused-ring (bicyclic) bond motifs is 1. The van der Waals surface area contributed by atoms with Crippen molar-refractivity contribution in [3.05, 3.63) is 29.1 Å². The molecule has 0 spiro atoms. The Morgan fingerprint density at radius 3 is 2.78 bits per heavy atom. The molecule has 3 nitrogen and oxygen atoms in total. The van der Waals surface area contributed by atoms with E-state index in [4.69, 9.17) is 21.8 Å². The molecule has 0 bridgehead atoms. The number of oxazole rings is 1. The van der Waals surface area contributed by atoms with Gasteiger partial charge in [-0.2, -0.15) is 0 Å². The summed E-state index contributed by atoms with van der Waals surface area (Å²) in [6.07, 6.45) is 1.86. The van der Waals surface area contributed by atoms with Crippen molar-refractivity contribution < 1.29 is 4.42 Å². The molecule has 0 amide bonds. The summed E-state index contributed by atoms with van der Waals surface area (Å²) in [6, 6.07) is 5.60. The highest BCUT2D eigenvalue weighted by Gasteiger charge is 2.15. The Balaban J connectivity index is 2.18. The molecule has 1 aromatic carbocycles. The van der Waals surface area contributed by atoms with Gasteiger partial charge in [-0.25, -0.2) is 4.98 Å². The van der Waals surface area contributed by atoms with Gasteiger partial charge in [0, 0.05) is 6.42 Å². The van der Waals surface area contributed by atoms with E-state index < -0.39 is 0 Å². The maximum Gasteiger partial charge on any atom is 0.195 e. The van der Waals surface area contributed by atoms with E-state index in [1.54, 1.807) is 0 Å². The number of hydrogen-bond acceptors (Lipinski definition) is 3. The van der Waals surface area contributed by atoms with Gasteiger partial charge in [0.15, 0.2) is 11.5 Å². The normalized spacial score (nSPS) is 13.4. The molecular formula is C14H19ClN2O. The van der Waals surface area contributed by atoms with Crippen LogP contribution in [0.2, 0.25) is 5.02 Å². The van der Waals surface area contributed by atoms with Crippen molar-refractivity contribution in [2.75, 3.05) is 6.54 Å². The van der Waals surface area contributed by atoms with E-state index in [2.05, 4.69) is 18.8 Å². The minimum atomic E-state index is 0.414. The summed E-state index contributed by atoms with van der Waals surface area (Å²) >= 11 is 6.07. The lowest BCUT2D eigenvalue weighted by molar-refractivity contribution is 0.380. The zero-order chi connectivity index (χ0) is 13.1. The lowest BCUT2D eigenvalue weighted by atomic mass is 9.94. The predicted molar refractivity (Wildman–Crippen MR) is 74.7 cm³/mol. The average Bonchev–Trinajstić information content (AvgIpc) is 2.71. The van der Waals surface area contributed by atoms with Gasteiger partial charge in [-0.3, -0.25) is 0 Å². The van der Waals surface area contributed by atoms with Gasteiger partial charge in [-0.05, 0) is 36.9 Å². The third-order valence-corrected chi connectivity index (χ3v) is 3.31. The minimum absolute atomic E-state index is 0.414. The zero-order valence-corrected chi connectivity index (χ0v) is 11.6. The van der Waals surface area contributed by atoms with E-state index in [0.717, 1.165) is 24.2 Å². The van der Waals surface area contributed by atoms with Crippen molar-refractivity contribution >= 4 is 22.7 Å². The summed E-state index contributed by atoms with van der Waals surface area (Å²) in [5, 5.41) is 0.611. The maximum absolute atomic E-state index is 6.07. The Bertz CT molecular complexity index is 521. The molecule has 0 aliphatic heterocycles. The molecule has 2 rings (SSSR count). The van der Waals surface area contributed by atoms with Crippen LogP contribution < -0.4 is 5.73 Å². The molecule has 0 aliphatic carbocycles. The van der Waals surface area contributed by atoms with Crippen LogP contribution in [0.1, 0.15) is 26.2 Å². The fourth-order valence-corrected chi connectivity index (χ4v) is 2.43. The lowest BCUT2D eigenvalue weighted by Crippen LogP contribution is -2.18. The maximum atomic E-state index is 6.07. The Kier molecular flexibility index (Phi) is 4.25. The van der Waals surface area contributed by atoms with Crippen LogP contribution in [-0.2, 0) is 6.42 Å². The van der Waals surface area contributed by atoms with Crippen LogP contribution in [0.15, 0.2) is 22.6 Å². The summed E-state index contributed by atoms with van der Waals surface area (Å²) in [5.41, 5.74) is 7.29.